The van der Waals surface area contributed by atoms with E-state index in [4.69, 9.17) is 28.7 Å². The Kier molecular flexibility index (Phi) is 18.3. The summed E-state index contributed by atoms with van der Waals surface area (Å²) in [5, 5.41) is 7.23. The van der Waals surface area contributed by atoms with Crippen molar-refractivity contribution in [3.05, 3.63) is 171 Å². The molecule has 548 valence electrons. The van der Waals surface area contributed by atoms with Crippen LogP contribution in [0.2, 0.25) is 0 Å². The van der Waals surface area contributed by atoms with Crippen molar-refractivity contribution in [2.75, 3.05) is 100 Å². The van der Waals surface area contributed by atoms with Crippen LogP contribution in [0.25, 0.3) is 65.9 Å². The fourth-order valence-electron chi connectivity index (χ4n) is 18.0. The highest BCUT2D eigenvalue weighted by Crippen LogP contribution is 2.57. The Balaban J connectivity index is 0.000000103. The molecule has 10 aromatic rings. The van der Waals surface area contributed by atoms with Gasteiger partial charge in [-0.3, -0.25) is 39.1 Å². The molecule has 107 heavy (non-hydrogen) atoms. The zero-order chi connectivity index (χ0) is 72.9. The van der Waals surface area contributed by atoms with E-state index in [0.717, 1.165) is 204 Å². The summed E-state index contributed by atoms with van der Waals surface area (Å²) in [5.41, 5.74) is 14.0. The number of aromatic nitrogens is 6. The van der Waals surface area contributed by atoms with Crippen LogP contribution < -0.4 is 24.8 Å². The highest BCUT2D eigenvalue weighted by Gasteiger charge is 2.59. The molecule has 0 radical (unpaired) electrons. The summed E-state index contributed by atoms with van der Waals surface area (Å²) in [6, 6.07) is 32.6. The number of ether oxygens (including phenoxy) is 5. The molecular formula is C84H82Br2FN11O9. The molecule has 0 unspecified atom stereocenters. The predicted octanol–water partition coefficient (Wildman–Crippen LogP) is 14.7. The normalized spacial score (nSPS) is 20.4. The van der Waals surface area contributed by atoms with Gasteiger partial charge in [0.15, 0.2) is 0 Å². The van der Waals surface area contributed by atoms with Gasteiger partial charge in [-0.05, 0) is 200 Å². The Morgan fingerprint density at radius 3 is 1.21 bits per heavy atom. The van der Waals surface area contributed by atoms with E-state index in [9.17, 15) is 23.6 Å². The molecule has 4 amide bonds. The number of benzene rings is 4. The van der Waals surface area contributed by atoms with Gasteiger partial charge in [0.05, 0.1) is 97.9 Å². The second-order valence-corrected chi connectivity index (χ2v) is 32.4. The number of hydrogen-bond acceptors (Lipinski definition) is 16. The first-order chi connectivity index (χ1) is 52.1. The maximum Gasteiger partial charge on any atom is 0.238 e. The molecule has 21 rings (SSSR count). The van der Waals surface area contributed by atoms with E-state index in [1.807, 2.05) is 82.0 Å². The van der Waals surface area contributed by atoms with Crippen molar-refractivity contribution < 1.29 is 47.3 Å². The van der Waals surface area contributed by atoms with Crippen molar-refractivity contribution >= 4 is 122 Å². The number of rotatable bonds is 10. The van der Waals surface area contributed by atoms with Gasteiger partial charge in [-0.25, -0.2) is 9.97 Å². The van der Waals surface area contributed by atoms with Gasteiger partial charge in [-0.2, -0.15) is 4.39 Å². The van der Waals surface area contributed by atoms with Crippen LogP contribution >= 0.6 is 31.9 Å². The molecule has 20 nitrogen and oxygen atoms in total. The topological polar surface area (TPSA) is 217 Å². The van der Waals surface area contributed by atoms with Crippen LogP contribution in [-0.4, -0.2) is 157 Å². The van der Waals surface area contributed by atoms with Crippen molar-refractivity contribution in [1.29, 1.82) is 0 Å². The van der Waals surface area contributed by atoms with Crippen molar-refractivity contribution in [1.82, 2.24) is 34.8 Å². The summed E-state index contributed by atoms with van der Waals surface area (Å²) in [6.07, 6.45) is 24.2. The third kappa shape index (κ3) is 12.3. The molecule has 3 saturated carbocycles. The van der Waals surface area contributed by atoms with E-state index in [-0.39, 0.29) is 23.6 Å². The van der Waals surface area contributed by atoms with E-state index in [0.29, 0.717) is 96.3 Å². The summed E-state index contributed by atoms with van der Waals surface area (Å²) < 4.78 is 43.4. The lowest BCUT2D eigenvalue weighted by Gasteiger charge is -2.33. The van der Waals surface area contributed by atoms with Gasteiger partial charge >= 0.3 is 0 Å². The van der Waals surface area contributed by atoms with Crippen LogP contribution in [0.4, 0.5) is 27.1 Å². The molecular weight excluding hydrogens is 1490 g/mol. The van der Waals surface area contributed by atoms with Crippen LogP contribution in [0, 0.1) is 5.95 Å². The number of pyridine rings is 6. The van der Waals surface area contributed by atoms with Crippen LogP contribution in [0.5, 0.6) is 5.88 Å². The molecule has 4 spiro atoms. The SMILES string of the molecule is CN(C)CCCOc1ccc(-c2ccc3ncc4c(c3c2)C2(CCOCC2)C(=O)N4C2CC2)cn1.O=C1N(C2CC2)c2cnc3ccc(-c4ccc(F)nc4)cc3c2C12CCOCC2.O=C1N(C2CC2)c2cnc3ccc(Br)cc3c2C12CCOCC2.O=C1Nc2cnc3ccc(Br)cc3c2C12CCOCC2. The number of nitrogens with zero attached hydrogens (tertiary/aromatic N) is 10. The highest BCUT2D eigenvalue weighted by molar-refractivity contribution is 9.10. The third-order valence-electron chi connectivity index (χ3n) is 23.8. The number of nitrogens with one attached hydrogen (secondary N) is 1. The van der Waals surface area contributed by atoms with E-state index in [1.54, 1.807) is 18.5 Å². The Morgan fingerprint density at radius 2 is 0.822 bits per heavy atom. The van der Waals surface area contributed by atoms with Crippen molar-refractivity contribution in [2.45, 2.75) is 136 Å². The molecule has 0 atom stereocenters. The van der Waals surface area contributed by atoms with Crippen LogP contribution in [0.1, 0.15) is 119 Å². The molecule has 6 aromatic heterocycles. The summed E-state index contributed by atoms with van der Waals surface area (Å²) >= 11 is 7.08. The van der Waals surface area contributed by atoms with E-state index in [1.165, 1.54) is 11.6 Å². The Labute approximate surface area is 635 Å². The summed E-state index contributed by atoms with van der Waals surface area (Å²) in [6.45, 7) is 6.63. The zero-order valence-corrected chi connectivity index (χ0v) is 63.1. The third-order valence-corrected chi connectivity index (χ3v) is 24.8. The summed E-state index contributed by atoms with van der Waals surface area (Å²) in [5.74, 6) is 0.959. The molecule has 7 fully saturated rings. The molecule has 23 heteroatoms. The molecule has 4 aromatic carbocycles. The smallest absolute Gasteiger partial charge is 0.238 e. The van der Waals surface area contributed by atoms with Gasteiger partial charge in [0.25, 0.3) is 0 Å². The number of carbonyl (C=O) groups is 4. The first-order valence-corrected chi connectivity index (χ1v) is 39.3. The number of anilines is 4. The number of carbonyl (C=O) groups excluding carboxylic acids is 4. The second-order valence-electron chi connectivity index (χ2n) is 30.6. The monoisotopic (exact) mass is 1570 g/mol. The predicted molar refractivity (Wildman–Crippen MR) is 415 cm³/mol. The molecule has 0 bridgehead atoms. The minimum atomic E-state index is -0.531. The Hall–Kier alpha value is -8.81. The summed E-state index contributed by atoms with van der Waals surface area (Å²) in [4.78, 5) is 88.4. The first kappa shape index (κ1) is 69.9. The zero-order valence-electron chi connectivity index (χ0n) is 59.9. The molecule has 4 saturated heterocycles. The number of hydrogen-bond donors (Lipinski definition) is 1. The fourth-order valence-corrected chi connectivity index (χ4v) is 18.7. The number of halogens is 3. The fraction of sp³-hybridized carbons (Fsp3) is 0.405. The summed E-state index contributed by atoms with van der Waals surface area (Å²) in [7, 11) is 4.12. The van der Waals surface area contributed by atoms with E-state index in [2.05, 4.69) is 124 Å². The van der Waals surface area contributed by atoms with Gasteiger partial charge in [0, 0.05) is 160 Å². The lowest BCUT2D eigenvalue weighted by atomic mass is 9.74. The second kappa shape index (κ2) is 28.0. The maximum atomic E-state index is 13.8. The largest absolute Gasteiger partial charge is 0.478 e. The lowest BCUT2D eigenvalue weighted by Crippen LogP contribution is -2.44. The van der Waals surface area contributed by atoms with Gasteiger partial charge < -0.3 is 48.6 Å². The van der Waals surface area contributed by atoms with Crippen molar-refractivity contribution in [2.24, 2.45) is 0 Å². The molecule has 1 N–H and O–H groups in total. The van der Waals surface area contributed by atoms with Gasteiger partial charge in [-0.1, -0.05) is 44.0 Å². The van der Waals surface area contributed by atoms with Crippen LogP contribution in [-0.2, 0) is 59.8 Å². The first-order valence-electron chi connectivity index (χ1n) is 37.7. The Morgan fingerprint density at radius 1 is 0.449 bits per heavy atom. The van der Waals surface area contributed by atoms with Crippen molar-refractivity contribution in [3.63, 3.8) is 0 Å². The number of amides is 4. The molecule has 14 heterocycles. The minimum Gasteiger partial charge on any atom is -0.478 e. The van der Waals surface area contributed by atoms with Gasteiger partial charge in [0.2, 0.25) is 35.5 Å². The highest BCUT2D eigenvalue weighted by atomic mass is 79.9. The Bertz CT molecular complexity index is 5210. The van der Waals surface area contributed by atoms with Crippen LogP contribution in [0.3, 0.4) is 0 Å². The standard InChI is InChI=1S/C28H32N4O3.C23H20FN3O2.C18H17BrN2O2.C15H13BrN2O2/c1-31(2)12-3-13-35-25-9-5-20(17-30-25)19-4-8-23-22(16-19)26-24(18-29-23)32(21-6-7-21)27(33)28(26)10-14-34-15-11-28;24-20-6-2-15(12-26-20)14-1-5-18-17(11-14)21-19(13-25-18)27(16-3-4-16)22(28)23(21)7-9-29-10-8-23;19-11-1-4-14-13(9-11)16-15(10-20-14)21(12-2-3-12)17(22)18(16)5-7-23-8-6-18;16-9-1-2-11-10(7-9)13-12(8-17-11)18-14(19)15(13)3-5-20-6-4-15/h4-5,8-9,16-18,21H,3,6-7,10-15H2,1-2H3;1-2,5-6,11-13,16H,3-4,7-10H2;1,4,9-10,12H,2-3,5-8H2;1-2,7-8H,3-6H2,(H,18,19). The van der Waals surface area contributed by atoms with E-state index < -0.39 is 27.6 Å². The average molecular weight is 1570 g/mol. The molecule has 8 aliphatic heterocycles. The van der Waals surface area contributed by atoms with Crippen molar-refractivity contribution in [3.8, 4) is 28.1 Å². The van der Waals surface area contributed by atoms with Gasteiger partial charge in [-0.15, -0.1) is 0 Å². The molecule has 3 aliphatic carbocycles. The average Bonchev–Trinajstić information content (AvgIpc) is 1.56. The number of fused-ring (bicyclic) bond motifs is 16. The lowest BCUT2D eigenvalue weighted by molar-refractivity contribution is -0.127. The van der Waals surface area contributed by atoms with Gasteiger partial charge in [0.1, 0.15) is 0 Å². The minimum absolute atomic E-state index is 0.0880. The van der Waals surface area contributed by atoms with E-state index >= 15 is 0 Å². The quantitative estimate of drug-likeness (QED) is 0.0994. The van der Waals surface area contributed by atoms with Crippen LogP contribution in [0.15, 0.2) is 143 Å². The molecule has 11 aliphatic rings. The maximum absolute atomic E-state index is 13.8.